The molecule has 27 heavy (non-hydrogen) atoms. The van der Waals surface area contributed by atoms with Gasteiger partial charge in [0.05, 0.1) is 14.2 Å². The van der Waals surface area contributed by atoms with E-state index in [0.717, 1.165) is 18.4 Å². The number of ether oxygens (including phenoxy) is 2. The Kier molecular flexibility index (Phi) is 5.43. The average molecular weight is 394 g/mol. The van der Waals surface area contributed by atoms with Gasteiger partial charge in [-0.05, 0) is 43.5 Å². The Balaban J connectivity index is 1.81. The van der Waals surface area contributed by atoms with Gasteiger partial charge in [0.1, 0.15) is 0 Å². The van der Waals surface area contributed by atoms with Crippen molar-refractivity contribution in [2.45, 2.75) is 24.9 Å². The molecule has 146 valence electrons. The highest BCUT2D eigenvalue weighted by Crippen LogP contribution is 2.33. The summed E-state index contributed by atoms with van der Waals surface area (Å²) in [7, 11) is -0.673. The lowest BCUT2D eigenvalue weighted by Crippen LogP contribution is -2.27. The minimum Gasteiger partial charge on any atom is -0.493 e. The molecular weight excluding hydrogens is 372 g/mol. The number of rotatable bonds is 6. The number of carbonyl (C=O) groups is 1. The van der Waals surface area contributed by atoms with E-state index in [1.807, 2.05) is 6.92 Å². The number of hydrogen-bond donors (Lipinski definition) is 1. The number of amides is 1. The first kappa shape index (κ1) is 19.2. The number of methoxy groups -OCH3 is 2. The highest BCUT2D eigenvalue weighted by molar-refractivity contribution is 7.89. The number of carbonyl (C=O) groups excluding carboxylic acids is 1. The van der Waals surface area contributed by atoms with Crippen LogP contribution in [0.3, 0.4) is 0 Å². The third-order valence-corrected chi connectivity index (χ3v) is 6.22. The fourth-order valence-electron chi connectivity index (χ4n) is 2.94. The van der Waals surface area contributed by atoms with Crippen LogP contribution in [0, 0.1) is 6.92 Å². The van der Waals surface area contributed by atoms with Crippen molar-refractivity contribution < 1.29 is 27.1 Å². The molecule has 0 bridgehead atoms. The number of furan rings is 1. The van der Waals surface area contributed by atoms with Crippen LogP contribution in [0.15, 0.2) is 33.8 Å². The van der Waals surface area contributed by atoms with Crippen LogP contribution in [0.5, 0.6) is 11.5 Å². The molecule has 2 aromatic rings. The molecule has 0 spiro atoms. The Morgan fingerprint density at radius 1 is 1.11 bits per heavy atom. The monoisotopic (exact) mass is 394 g/mol. The van der Waals surface area contributed by atoms with Crippen molar-refractivity contribution in [1.82, 2.24) is 4.31 Å². The summed E-state index contributed by atoms with van der Waals surface area (Å²) in [5, 5.41) is 2.49. The molecule has 0 aliphatic carbocycles. The van der Waals surface area contributed by atoms with Crippen LogP contribution in [0.4, 0.5) is 5.69 Å². The van der Waals surface area contributed by atoms with Gasteiger partial charge < -0.3 is 19.2 Å². The van der Waals surface area contributed by atoms with Gasteiger partial charge in [-0.3, -0.25) is 4.79 Å². The Morgan fingerprint density at radius 3 is 2.37 bits per heavy atom. The second-order valence-electron chi connectivity index (χ2n) is 6.21. The van der Waals surface area contributed by atoms with Gasteiger partial charge in [-0.1, -0.05) is 0 Å². The van der Waals surface area contributed by atoms with Crippen LogP contribution in [0.2, 0.25) is 0 Å². The van der Waals surface area contributed by atoms with Gasteiger partial charge in [0.25, 0.3) is 15.9 Å². The van der Waals surface area contributed by atoms with Crippen LogP contribution in [0.25, 0.3) is 0 Å². The van der Waals surface area contributed by atoms with Crippen molar-refractivity contribution >= 4 is 21.6 Å². The van der Waals surface area contributed by atoms with Crippen molar-refractivity contribution in [2.75, 3.05) is 32.6 Å². The summed E-state index contributed by atoms with van der Waals surface area (Å²) >= 11 is 0. The summed E-state index contributed by atoms with van der Waals surface area (Å²) in [6, 6.07) is 6.04. The van der Waals surface area contributed by atoms with Gasteiger partial charge >= 0.3 is 0 Å². The van der Waals surface area contributed by atoms with E-state index >= 15 is 0 Å². The second kappa shape index (κ2) is 7.61. The third-order valence-electron chi connectivity index (χ3n) is 4.44. The Morgan fingerprint density at radius 2 is 1.74 bits per heavy atom. The van der Waals surface area contributed by atoms with Crippen LogP contribution in [-0.2, 0) is 10.0 Å². The number of benzene rings is 1. The van der Waals surface area contributed by atoms with E-state index in [0.29, 0.717) is 30.3 Å². The van der Waals surface area contributed by atoms with Crippen molar-refractivity contribution in [2.24, 2.45) is 0 Å². The summed E-state index contributed by atoms with van der Waals surface area (Å²) in [6.07, 6.45) is 1.65. The normalized spacial score (nSPS) is 14.9. The third kappa shape index (κ3) is 3.79. The fraction of sp³-hybridized carbons (Fsp3) is 0.389. The predicted octanol–water partition coefficient (Wildman–Crippen LogP) is 2.64. The zero-order valence-corrected chi connectivity index (χ0v) is 16.3. The average Bonchev–Trinajstić information content (AvgIpc) is 3.35. The number of nitrogens with one attached hydrogen (secondary N) is 1. The SMILES string of the molecule is COc1cc(C)c(NC(=O)c2ccc(S(=O)(=O)N3CCCC3)o2)cc1OC. The quantitative estimate of drug-likeness (QED) is 0.809. The fourth-order valence-corrected chi connectivity index (χ4v) is 4.36. The largest absolute Gasteiger partial charge is 0.493 e. The summed E-state index contributed by atoms with van der Waals surface area (Å²) in [4.78, 5) is 12.5. The Bertz CT molecular complexity index is 945. The predicted molar refractivity (Wildman–Crippen MR) is 98.9 cm³/mol. The number of hydrogen-bond acceptors (Lipinski definition) is 6. The van der Waals surface area contributed by atoms with Gasteiger partial charge in [-0.15, -0.1) is 0 Å². The second-order valence-corrected chi connectivity index (χ2v) is 8.08. The van der Waals surface area contributed by atoms with Crippen LogP contribution in [-0.4, -0.2) is 45.9 Å². The molecule has 1 amide bonds. The molecule has 0 radical (unpaired) electrons. The number of nitrogens with zero attached hydrogens (tertiary/aromatic N) is 1. The van der Waals surface area contributed by atoms with E-state index in [2.05, 4.69) is 5.32 Å². The molecule has 2 heterocycles. The van der Waals surface area contributed by atoms with Gasteiger partial charge in [0.15, 0.2) is 17.3 Å². The molecular formula is C18H22N2O6S. The molecule has 3 rings (SSSR count). The standard InChI is InChI=1S/C18H22N2O6S/c1-12-10-15(24-2)16(25-3)11-13(12)19-18(21)14-6-7-17(26-14)27(22,23)20-8-4-5-9-20/h6-7,10-11H,4-5,8-9H2,1-3H3,(H,19,21). The molecule has 1 saturated heterocycles. The lowest BCUT2D eigenvalue weighted by molar-refractivity contribution is 0.0991. The molecule has 1 aromatic carbocycles. The van der Waals surface area contributed by atoms with Crippen molar-refractivity contribution in [3.8, 4) is 11.5 Å². The zero-order chi connectivity index (χ0) is 19.6. The van der Waals surface area contributed by atoms with Crippen molar-refractivity contribution in [3.63, 3.8) is 0 Å². The maximum atomic E-state index is 12.5. The first-order chi connectivity index (χ1) is 12.9. The minimum atomic E-state index is -3.70. The smallest absolute Gasteiger partial charge is 0.291 e. The van der Waals surface area contributed by atoms with E-state index in [-0.39, 0.29) is 10.9 Å². The Hall–Kier alpha value is -2.52. The zero-order valence-electron chi connectivity index (χ0n) is 15.4. The van der Waals surface area contributed by atoms with Gasteiger partial charge in [0.2, 0.25) is 5.09 Å². The van der Waals surface area contributed by atoms with Crippen LogP contribution < -0.4 is 14.8 Å². The first-order valence-corrected chi connectivity index (χ1v) is 9.95. The van der Waals surface area contributed by atoms with Crippen LogP contribution >= 0.6 is 0 Å². The highest BCUT2D eigenvalue weighted by atomic mass is 32.2. The molecule has 1 aliphatic rings. The van der Waals surface area contributed by atoms with E-state index in [1.165, 1.54) is 30.7 Å². The molecule has 1 N–H and O–H groups in total. The van der Waals surface area contributed by atoms with Crippen molar-refractivity contribution in [1.29, 1.82) is 0 Å². The summed E-state index contributed by atoms with van der Waals surface area (Å²) in [5.41, 5.74) is 1.27. The molecule has 1 fully saturated rings. The lowest BCUT2D eigenvalue weighted by Gasteiger charge is -2.13. The Labute approximate surface area is 158 Å². The molecule has 8 nitrogen and oxygen atoms in total. The van der Waals surface area contributed by atoms with Crippen molar-refractivity contribution in [3.05, 3.63) is 35.6 Å². The molecule has 1 aromatic heterocycles. The minimum absolute atomic E-state index is 0.0815. The maximum Gasteiger partial charge on any atom is 0.291 e. The molecule has 0 saturated carbocycles. The highest BCUT2D eigenvalue weighted by Gasteiger charge is 2.30. The summed E-state index contributed by atoms with van der Waals surface area (Å²) < 4.78 is 42.2. The molecule has 0 unspecified atom stereocenters. The topological polar surface area (TPSA) is 98.1 Å². The van der Waals surface area contributed by atoms with Gasteiger partial charge in [0, 0.05) is 24.8 Å². The van der Waals surface area contributed by atoms with Gasteiger partial charge in [-0.2, -0.15) is 4.31 Å². The number of anilines is 1. The molecule has 1 aliphatic heterocycles. The molecule has 0 atom stereocenters. The van der Waals surface area contributed by atoms with E-state index < -0.39 is 15.9 Å². The first-order valence-electron chi connectivity index (χ1n) is 8.50. The summed E-state index contributed by atoms with van der Waals surface area (Å²) in [6.45, 7) is 2.74. The molecule has 9 heteroatoms. The van der Waals surface area contributed by atoms with Crippen LogP contribution in [0.1, 0.15) is 29.0 Å². The van der Waals surface area contributed by atoms with Gasteiger partial charge in [-0.25, -0.2) is 8.42 Å². The van der Waals surface area contributed by atoms with E-state index in [1.54, 1.807) is 12.1 Å². The maximum absolute atomic E-state index is 12.5. The summed E-state index contributed by atoms with van der Waals surface area (Å²) in [5.74, 6) is 0.385. The lowest BCUT2D eigenvalue weighted by atomic mass is 10.1. The van der Waals surface area contributed by atoms with E-state index in [4.69, 9.17) is 13.9 Å². The number of aryl methyl sites for hydroxylation is 1. The van der Waals surface area contributed by atoms with E-state index in [9.17, 15) is 13.2 Å². The number of sulfonamides is 1.